The smallest absolute Gasteiger partial charge is 0.0589 e. The summed E-state index contributed by atoms with van der Waals surface area (Å²) in [5.74, 6) is 0. The van der Waals surface area contributed by atoms with E-state index in [1.807, 2.05) is 0 Å². The fourth-order valence-electron chi connectivity index (χ4n) is 3.58. The van der Waals surface area contributed by atoms with Crippen molar-refractivity contribution in [2.75, 3.05) is 53.5 Å². The molecule has 2 atom stereocenters. The Morgan fingerprint density at radius 1 is 1.20 bits per heavy atom. The van der Waals surface area contributed by atoms with E-state index in [4.69, 9.17) is 4.74 Å². The third kappa shape index (κ3) is 5.32. The summed E-state index contributed by atoms with van der Waals surface area (Å²) >= 11 is 0. The summed E-state index contributed by atoms with van der Waals surface area (Å²) < 4.78 is 5.28. The van der Waals surface area contributed by atoms with Gasteiger partial charge in [-0.3, -0.25) is 4.90 Å². The Kier molecular flexibility index (Phi) is 7.28. The minimum absolute atomic E-state index is 0.705. The van der Waals surface area contributed by atoms with Crippen LogP contribution in [0.25, 0.3) is 0 Å². The van der Waals surface area contributed by atoms with Crippen LogP contribution >= 0.6 is 0 Å². The standard InChI is InChI=1S/C16H33N3O/c1-18-10-4-3-7-16(18)8-11-19(12-13-20-2)14-15-6-5-9-17-15/h15-17H,3-14H2,1-2H3. The van der Waals surface area contributed by atoms with Crippen LogP contribution in [0.5, 0.6) is 0 Å². The van der Waals surface area contributed by atoms with Crippen LogP contribution < -0.4 is 5.32 Å². The zero-order valence-corrected chi connectivity index (χ0v) is 13.4. The third-order valence-corrected chi connectivity index (χ3v) is 4.95. The predicted molar refractivity (Wildman–Crippen MR) is 84.2 cm³/mol. The van der Waals surface area contributed by atoms with Crippen LogP contribution in [0.4, 0.5) is 0 Å². The largest absolute Gasteiger partial charge is 0.383 e. The molecule has 4 heteroatoms. The van der Waals surface area contributed by atoms with Crippen LogP contribution in [0.1, 0.15) is 38.5 Å². The first kappa shape index (κ1) is 16.2. The van der Waals surface area contributed by atoms with Gasteiger partial charge in [0.15, 0.2) is 0 Å². The van der Waals surface area contributed by atoms with Gasteiger partial charge >= 0.3 is 0 Å². The Morgan fingerprint density at radius 2 is 2.10 bits per heavy atom. The molecule has 20 heavy (non-hydrogen) atoms. The Labute approximate surface area is 124 Å². The number of piperidine rings is 1. The average molecular weight is 283 g/mol. The SMILES string of the molecule is COCCN(CCC1CCCCN1C)CC1CCCN1. The molecule has 2 aliphatic heterocycles. The van der Waals surface area contributed by atoms with Crippen molar-refractivity contribution in [1.29, 1.82) is 0 Å². The van der Waals surface area contributed by atoms with Crippen molar-refractivity contribution in [2.24, 2.45) is 0 Å². The average Bonchev–Trinajstić information content (AvgIpc) is 2.96. The Balaban J connectivity index is 1.73. The quantitative estimate of drug-likeness (QED) is 0.732. The third-order valence-electron chi connectivity index (χ3n) is 4.95. The minimum atomic E-state index is 0.705. The summed E-state index contributed by atoms with van der Waals surface area (Å²) in [6.07, 6.45) is 8.17. The van der Waals surface area contributed by atoms with Crippen LogP contribution in [0.15, 0.2) is 0 Å². The molecule has 2 unspecified atom stereocenters. The van der Waals surface area contributed by atoms with Crippen LogP contribution in [0.2, 0.25) is 0 Å². The fraction of sp³-hybridized carbons (Fsp3) is 1.00. The molecule has 2 aliphatic rings. The molecular formula is C16H33N3O. The van der Waals surface area contributed by atoms with E-state index >= 15 is 0 Å². The summed E-state index contributed by atoms with van der Waals surface area (Å²) in [6, 6.07) is 1.50. The van der Waals surface area contributed by atoms with Gasteiger partial charge in [-0.2, -0.15) is 0 Å². The van der Waals surface area contributed by atoms with E-state index in [0.717, 1.165) is 19.2 Å². The summed E-state index contributed by atoms with van der Waals surface area (Å²) in [7, 11) is 4.10. The van der Waals surface area contributed by atoms with Gasteiger partial charge in [0.1, 0.15) is 0 Å². The molecule has 0 spiro atoms. The van der Waals surface area contributed by atoms with Gasteiger partial charge in [0.2, 0.25) is 0 Å². The fourth-order valence-corrected chi connectivity index (χ4v) is 3.58. The minimum Gasteiger partial charge on any atom is -0.383 e. The molecule has 2 rings (SSSR count). The van der Waals surface area contributed by atoms with E-state index in [9.17, 15) is 0 Å². The van der Waals surface area contributed by atoms with E-state index in [0.29, 0.717) is 6.04 Å². The highest BCUT2D eigenvalue weighted by molar-refractivity contribution is 4.80. The van der Waals surface area contributed by atoms with Gasteiger partial charge in [-0.1, -0.05) is 6.42 Å². The molecule has 0 aromatic rings. The molecule has 0 aromatic carbocycles. The van der Waals surface area contributed by atoms with E-state index in [-0.39, 0.29) is 0 Å². The molecule has 118 valence electrons. The summed E-state index contributed by atoms with van der Waals surface area (Å²) in [4.78, 5) is 5.17. The van der Waals surface area contributed by atoms with Gasteiger partial charge < -0.3 is 15.0 Å². The van der Waals surface area contributed by atoms with Crippen molar-refractivity contribution in [1.82, 2.24) is 15.1 Å². The molecule has 2 fully saturated rings. The monoisotopic (exact) mass is 283 g/mol. The van der Waals surface area contributed by atoms with Crippen molar-refractivity contribution in [3.63, 3.8) is 0 Å². The molecular weight excluding hydrogens is 250 g/mol. The second kappa shape index (κ2) is 8.98. The highest BCUT2D eigenvalue weighted by Crippen LogP contribution is 2.18. The Bertz CT molecular complexity index is 256. The highest BCUT2D eigenvalue weighted by atomic mass is 16.5. The van der Waals surface area contributed by atoms with Crippen molar-refractivity contribution < 1.29 is 4.74 Å². The summed E-state index contributed by atoms with van der Waals surface area (Å²) in [6.45, 7) is 6.83. The zero-order chi connectivity index (χ0) is 14.2. The normalized spacial score (nSPS) is 28.4. The molecule has 0 amide bonds. The predicted octanol–water partition coefficient (Wildman–Crippen LogP) is 1.56. The number of hydrogen-bond acceptors (Lipinski definition) is 4. The van der Waals surface area contributed by atoms with Gasteiger partial charge in [-0.15, -0.1) is 0 Å². The second-order valence-electron chi connectivity index (χ2n) is 6.51. The number of likely N-dealkylation sites (tertiary alicyclic amines) is 1. The van der Waals surface area contributed by atoms with Crippen LogP contribution in [-0.4, -0.2) is 75.4 Å². The summed E-state index contributed by atoms with van der Waals surface area (Å²) in [5.41, 5.74) is 0. The first-order chi connectivity index (χ1) is 9.79. The second-order valence-corrected chi connectivity index (χ2v) is 6.51. The van der Waals surface area contributed by atoms with Crippen LogP contribution in [0, 0.1) is 0 Å². The summed E-state index contributed by atoms with van der Waals surface area (Å²) in [5, 5.41) is 3.62. The number of methoxy groups -OCH3 is 1. The number of nitrogens with one attached hydrogen (secondary N) is 1. The number of ether oxygens (including phenoxy) is 1. The molecule has 1 N–H and O–H groups in total. The van der Waals surface area contributed by atoms with E-state index in [1.165, 1.54) is 64.7 Å². The number of hydrogen-bond donors (Lipinski definition) is 1. The lowest BCUT2D eigenvalue weighted by Gasteiger charge is -2.34. The molecule has 0 aliphatic carbocycles. The van der Waals surface area contributed by atoms with Crippen molar-refractivity contribution in [3.05, 3.63) is 0 Å². The lowest BCUT2D eigenvalue weighted by atomic mass is 10.00. The van der Waals surface area contributed by atoms with Gasteiger partial charge in [0, 0.05) is 32.3 Å². The first-order valence-corrected chi connectivity index (χ1v) is 8.44. The molecule has 2 heterocycles. The van der Waals surface area contributed by atoms with E-state index in [2.05, 4.69) is 22.2 Å². The lowest BCUT2D eigenvalue weighted by molar-refractivity contribution is 0.120. The van der Waals surface area contributed by atoms with Gasteiger partial charge in [0.05, 0.1) is 6.61 Å². The molecule has 0 bridgehead atoms. The molecule has 4 nitrogen and oxygen atoms in total. The maximum absolute atomic E-state index is 5.28. The zero-order valence-electron chi connectivity index (χ0n) is 13.4. The first-order valence-electron chi connectivity index (χ1n) is 8.44. The van der Waals surface area contributed by atoms with Gasteiger partial charge in [-0.05, 0) is 58.8 Å². The topological polar surface area (TPSA) is 27.7 Å². The van der Waals surface area contributed by atoms with Crippen LogP contribution in [0.3, 0.4) is 0 Å². The van der Waals surface area contributed by atoms with Gasteiger partial charge in [0.25, 0.3) is 0 Å². The Morgan fingerprint density at radius 3 is 2.80 bits per heavy atom. The van der Waals surface area contributed by atoms with Crippen molar-refractivity contribution in [2.45, 2.75) is 50.6 Å². The molecule has 0 radical (unpaired) electrons. The van der Waals surface area contributed by atoms with Crippen LogP contribution in [-0.2, 0) is 4.74 Å². The Hall–Kier alpha value is -0.160. The lowest BCUT2D eigenvalue weighted by Crippen LogP contribution is -2.43. The molecule has 0 aromatic heterocycles. The number of rotatable bonds is 8. The molecule has 0 saturated carbocycles. The maximum atomic E-state index is 5.28. The maximum Gasteiger partial charge on any atom is 0.0589 e. The molecule has 2 saturated heterocycles. The van der Waals surface area contributed by atoms with E-state index < -0.39 is 0 Å². The van der Waals surface area contributed by atoms with E-state index in [1.54, 1.807) is 7.11 Å². The number of nitrogens with zero attached hydrogens (tertiary/aromatic N) is 2. The van der Waals surface area contributed by atoms with Crippen molar-refractivity contribution >= 4 is 0 Å². The van der Waals surface area contributed by atoms with Crippen molar-refractivity contribution in [3.8, 4) is 0 Å². The van der Waals surface area contributed by atoms with Gasteiger partial charge in [-0.25, -0.2) is 0 Å². The highest BCUT2D eigenvalue weighted by Gasteiger charge is 2.21.